The molecule has 0 saturated carbocycles. The van der Waals surface area contributed by atoms with Gasteiger partial charge in [-0.2, -0.15) is 0 Å². The molecule has 2 N–H and O–H groups in total. The van der Waals surface area contributed by atoms with Gasteiger partial charge in [-0.05, 0) is 51.5 Å². The molecule has 4 heteroatoms. The molecule has 0 saturated heterocycles. The van der Waals surface area contributed by atoms with Crippen molar-refractivity contribution in [3.8, 4) is 0 Å². The molecule has 17 heavy (non-hydrogen) atoms. The largest absolute Gasteiger partial charge is 0.389 e. The van der Waals surface area contributed by atoms with Crippen LogP contribution in [0, 0.1) is 0 Å². The summed E-state index contributed by atoms with van der Waals surface area (Å²) in [6.07, 6.45) is 0. The maximum atomic E-state index is 10.0. The molecule has 0 aliphatic heterocycles. The zero-order valence-corrected chi connectivity index (χ0v) is 13.0. The second-order valence-electron chi connectivity index (χ2n) is 5.27. The second kappa shape index (κ2) is 5.27. The van der Waals surface area contributed by atoms with Crippen LogP contribution in [0.25, 0.3) is 0 Å². The Hall–Kier alpha value is -0.0900. The molecule has 0 aliphatic carbocycles. The smallest absolute Gasteiger partial charge is 0.0767 e. The Morgan fingerprint density at radius 2 is 1.88 bits per heavy atom. The molecule has 1 aromatic rings. The lowest BCUT2D eigenvalue weighted by Crippen LogP contribution is -2.55. The van der Waals surface area contributed by atoms with Crippen molar-refractivity contribution in [3.63, 3.8) is 0 Å². The fourth-order valence-electron chi connectivity index (χ4n) is 1.21. The van der Waals surface area contributed by atoms with Crippen molar-refractivity contribution in [2.75, 3.05) is 0 Å². The summed E-state index contributed by atoms with van der Waals surface area (Å²) in [6.45, 7) is 8.15. The first-order valence-electron chi connectivity index (χ1n) is 5.55. The summed E-state index contributed by atoms with van der Waals surface area (Å²) in [5.74, 6) is 0. The monoisotopic (exact) mass is 319 g/mol. The van der Waals surface area contributed by atoms with Gasteiger partial charge in [0.05, 0.1) is 5.60 Å². The molecule has 0 aliphatic rings. The van der Waals surface area contributed by atoms with Crippen LogP contribution >= 0.6 is 27.5 Å². The molecule has 96 valence electrons. The zero-order chi connectivity index (χ0) is 13.3. The number of benzene rings is 1. The van der Waals surface area contributed by atoms with Crippen LogP contribution in [0.2, 0.25) is 5.02 Å². The first kappa shape index (κ1) is 15.0. The highest BCUT2D eigenvalue weighted by molar-refractivity contribution is 9.10. The molecule has 0 radical (unpaired) electrons. The summed E-state index contributed by atoms with van der Waals surface area (Å²) in [6, 6.07) is 5.75. The summed E-state index contributed by atoms with van der Waals surface area (Å²) in [7, 11) is 0. The Morgan fingerprint density at radius 3 is 2.41 bits per heavy atom. The van der Waals surface area contributed by atoms with E-state index in [9.17, 15) is 5.11 Å². The molecule has 1 rings (SSSR count). The van der Waals surface area contributed by atoms with Crippen molar-refractivity contribution in [1.82, 2.24) is 5.32 Å². The normalized spacial score (nSPS) is 12.9. The first-order valence-corrected chi connectivity index (χ1v) is 6.72. The van der Waals surface area contributed by atoms with Crippen molar-refractivity contribution in [2.24, 2.45) is 0 Å². The molecule has 0 heterocycles. The van der Waals surface area contributed by atoms with Gasteiger partial charge in [-0.1, -0.05) is 27.5 Å². The van der Waals surface area contributed by atoms with Gasteiger partial charge in [0, 0.05) is 21.6 Å². The van der Waals surface area contributed by atoms with Gasteiger partial charge in [-0.15, -0.1) is 0 Å². The van der Waals surface area contributed by atoms with Crippen molar-refractivity contribution >= 4 is 27.5 Å². The average Bonchev–Trinajstić information content (AvgIpc) is 2.18. The van der Waals surface area contributed by atoms with Gasteiger partial charge in [0.15, 0.2) is 0 Å². The van der Waals surface area contributed by atoms with Gasteiger partial charge < -0.3 is 10.4 Å². The van der Waals surface area contributed by atoms with Gasteiger partial charge in [-0.3, -0.25) is 0 Å². The summed E-state index contributed by atoms with van der Waals surface area (Å²) < 4.78 is 1.000. The third-order valence-corrected chi connectivity index (χ3v) is 4.12. The SMILES string of the molecule is CC(C)(O)C(C)(C)NCc1cc(Br)ccc1Cl. The average molecular weight is 321 g/mol. The van der Waals surface area contributed by atoms with Crippen LogP contribution in [0.5, 0.6) is 0 Å². The molecule has 0 spiro atoms. The molecule has 0 fully saturated rings. The first-order chi connectivity index (χ1) is 7.63. The van der Waals surface area contributed by atoms with Crippen LogP contribution in [0.15, 0.2) is 22.7 Å². The molecular formula is C13H19BrClNO. The van der Waals surface area contributed by atoms with Crippen LogP contribution in [0.4, 0.5) is 0 Å². The number of halogens is 2. The van der Waals surface area contributed by atoms with Crippen molar-refractivity contribution in [2.45, 2.75) is 45.4 Å². The lowest BCUT2D eigenvalue weighted by Gasteiger charge is -2.38. The molecule has 2 nitrogen and oxygen atoms in total. The van der Waals surface area contributed by atoms with E-state index < -0.39 is 11.1 Å². The molecule has 0 unspecified atom stereocenters. The van der Waals surface area contributed by atoms with E-state index in [1.807, 2.05) is 32.0 Å². The minimum absolute atomic E-state index is 0.390. The molecular weight excluding hydrogens is 302 g/mol. The quantitative estimate of drug-likeness (QED) is 0.885. The van der Waals surface area contributed by atoms with E-state index in [4.69, 9.17) is 11.6 Å². The van der Waals surface area contributed by atoms with E-state index >= 15 is 0 Å². The minimum Gasteiger partial charge on any atom is -0.389 e. The van der Waals surface area contributed by atoms with Crippen LogP contribution < -0.4 is 5.32 Å². The van der Waals surface area contributed by atoms with Gasteiger partial charge >= 0.3 is 0 Å². The van der Waals surface area contributed by atoms with Crippen LogP contribution in [0.1, 0.15) is 33.3 Å². The van der Waals surface area contributed by atoms with Gasteiger partial charge in [-0.25, -0.2) is 0 Å². The predicted molar refractivity (Wildman–Crippen MR) is 76.4 cm³/mol. The van der Waals surface area contributed by atoms with Crippen LogP contribution in [-0.4, -0.2) is 16.2 Å². The topological polar surface area (TPSA) is 32.3 Å². The van der Waals surface area contributed by atoms with Crippen molar-refractivity contribution < 1.29 is 5.11 Å². The minimum atomic E-state index is -0.800. The lowest BCUT2D eigenvalue weighted by molar-refractivity contribution is -0.00531. The third kappa shape index (κ3) is 3.95. The molecule has 1 aromatic carbocycles. The van der Waals surface area contributed by atoms with Crippen LogP contribution in [-0.2, 0) is 6.54 Å². The molecule has 0 bridgehead atoms. The summed E-state index contributed by atoms with van der Waals surface area (Å²) in [5.41, 5.74) is -0.178. The number of hydrogen-bond acceptors (Lipinski definition) is 2. The van der Waals surface area contributed by atoms with Gasteiger partial charge in [0.25, 0.3) is 0 Å². The van der Waals surface area contributed by atoms with E-state index in [0.717, 1.165) is 15.1 Å². The van der Waals surface area contributed by atoms with Crippen molar-refractivity contribution in [1.29, 1.82) is 0 Å². The number of nitrogens with one attached hydrogen (secondary N) is 1. The van der Waals surface area contributed by atoms with Gasteiger partial charge in [0.2, 0.25) is 0 Å². The second-order valence-corrected chi connectivity index (χ2v) is 6.60. The van der Waals surface area contributed by atoms with Gasteiger partial charge in [0.1, 0.15) is 0 Å². The van der Waals surface area contributed by atoms with E-state index in [2.05, 4.69) is 21.2 Å². The number of aliphatic hydroxyl groups is 1. The van der Waals surface area contributed by atoms with E-state index in [1.54, 1.807) is 13.8 Å². The predicted octanol–water partition coefficient (Wildman–Crippen LogP) is 3.74. The van der Waals surface area contributed by atoms with E-state index in [1.165, 1.54) is 0 Å². The van der Waals surface area contributed by atoms with Crippen molar-refractivity contribution in [3.05, 3.63) is 33.3 Å². The summed E-state index contributed by atoms with van der Waals surface area (Å²) >= 11 is 9.54. The Labute approximate surface area is 117 Å². The number of rotatable bonds is 4. The fourth-order valence-corrected chi connectivity index (χ4v) is 1.80. The van der Waals surface area contributed by atoms with E-state index in [0.29, 0.717) is 6.54 Å². The van der Waals surface area contributed by atoms with E-state index in [-0.39, 0.29) is 0 Å². The Balaban J connectivity index is 2.77. The number of hydrogen-bond donors (Lipinski definition) is 2. The highest BCUT2D eigenvalue weighted by Crippen LogP contribution is 2.24. The maximum Gasteiger partial charge on any atom is 0.0767 e. The Morgan fingerprint density at radius 1 is 1.29 bits per heavy atom. The zero-order valence-electron chi connectivity index (χ0n) is 10.6. The molecule has 0 amide bonds. The highest BCUT2D eigenvalue weighted by atomic mass is 79.9. The Kier molecular flexibility index (Phi) is 4.64. The fraction of sp³-hybridized carbons (Fsp3) is 0.538. The summed E-state index contributed by atoms with van der Waals surface area (Å²) in [4.78, 5) is 0. The maximum absolute atomic E-state index is 10.0. The molecule has 0 aromatic heterocycles. The Bertz CT molecular complexity index is 399. The molecule has 0 atom stereocenters. The lowest BCUT2D eigenvalue weighted by atomic mass is 9.86. The third-order valence-electron chi connectivity index (χ3n) is 3.26. The highest BCUT2D eigenvalue weighted by Gasteiger charge is 2.34. The van der Waals surface area contributed by atoms with Crippen LogP contribution in [0.3, 0.4) is 0 Å². The standard InChI is InChI=1S/C13H19BrClNO/c1-12(2,13(3,4)17)16-8-9-7-10(14)5-6-11(9)15/h5-7,16-17H,8H2,1-4H3. The summed E-state index contributed by atoms with van der Waals surface area (Å²) in [5, 5.41) is 14.1.